The summed E-state index contributed by atoms with van der Waals surface area (Å²) in [7, 11) is 6.04. The highest BCUT2D eigenvalue weighted by atomic mass is 16.5. The van der Waals surface area contributed by atoms with Crippen LogP contribution in [0.5, 0.6) is 23.0 Å². The average Bonchev–Trinajstić information content (AvgIpc) is 2.66. The predicted octanol–water partition coefficient (Wildman–Crippen LogP) is 3.49. The van der Waals surface area contributed by atoms with Crippen LogP contribution in [0.2, 0.25) is 0 Å². The third-order valence-corrected chi connectivity index (χ3v) is 3.92. The average molecular weight is 342 g/mol. The molecule has 25 heavy (non-hydrogen) atoms. The van der Waals surface area contributed by atoms with Crippen LogP contribution < -0.4 is 24.4 Å². The van der Waals surface area contributed by atoms with E-state index in [-0.39, 0.29) is 11.2 Å². The van der Waals surface area contributed by atoms with E-state index in [0.717, 1.165) is 0 Å². The van der Waals surface area contributed by atoms with E-state index in [1.54, 1.807) is 43.5 Å². The molecule has 3 aromatic rings. The van der Waals surface area contributed by atoms with E-state index < -0.39 is 0 Å². The highest BCUT2D eigenvalue weighted by Gasteiger charge is 2.21. The molecule has 130 valence electrons. The van der Waals surface area contributed by atoms with E-state index in [1.807, 2.05) is 0 Å². The van der Waals surface area contributed by atoms with Gasteiger partial charge in [0.25, 0.3) is 0 Å². The van der Waals surface area contributed by atoms with Crippen LogP contribution in [0.25, 0.3) is 22.3 Å². The molecule has 0 saturated carbocycles. The summed E-state index contributed by atoms with van der Waals surface area (Å²) in [5.74, 6) is 1.97. The van der Waals surface area contributed by atoms with Gasteiger partial charge in [-0.05, 0) is 36.4 Å². The molecule has 2 aromatic carbocycles. The Kier molecular flexibility index (Phi) is 4.52. The summed E-state index contributed by atoms with van der Waals surface area (Å²) in [6, 6.07) is 10.4. The van der Waals surface area contributed by atoms with Gasteiger partial charge in [0.05, 0.1) is 33.8 Å². The van der Waals surface area contributed by atoms with Crippen molar-refractivity contribution in [1.29, 1.82) is 0 Å². The number of rotatable bonds is 5. The second-order valence-electron chi connectivity index (χ2n) is 5.20. The molecule has 0 N–H and O–H groups in total. The van der Waals surface area contributed by atoms with Crippen molar-refractivity contribution in [2.24, 2.45) is 0 Å². The maximum atomic E-state index is 12.8. The molecule has 0 spiro atoms. The fourth-order valence-corrected chi connectivity index (χ4v) is 2.67. The van der Waals surface area contributed by atoms with E-state index in [9.17, 15) is 4.79 Å². The highest BCUT2D eigenvalue weighted by molar-refractivity contribution is 5.88. The van der Waals surface area contributed by atoms with Gasteiger partial charge in [-0.1, -0.05) is 0 Å². The molecule has 0 unspecified atom stereocenters. The molecule has 1 aromatic heterocycles. The Balaban J connectivity index is 2.35. The topological polar surface area (TPSA) is 67.1 Å². The van der Waals surface area contributed by atoms with Crippen LogP contribution in [-0.2, 0) is 0 Å². The van der Waals surface area contributed by atoms with Gasteiger partial charge in [0.1, 0.15) is 5.75 Å². The summed E-state index contributed by atoms with van der Waals surface area (Å²) in [5, 5.41) is 0.353. The van der Waals surface area contributed by atoms with E-state index in [4.69, 9.17) is 23.4 Å². The molecule has 0 atom stereocenters. The maximum Gasteiger partial charge on any atom is 0.235 e. The molecule has 6 nitrogen and oxygen atoms in total. The molecular weight excluding hydrogens is 324 g/mol. The van der Waals surface area contributed by atoms with Crippen molar-refractivity contribution in [2.45, 2.75) is 0 Å². The second kappa shape index (κ2) is 6.76. The lowest BCUT2D eigenvalue weighted by atomic mass is 10.1. The first-order chi connectivity index (χ1) is 12.1. The third kappa shape index (κ3) is 2.76. The van der Waals surface area contributed by atoms with Crippen LogP contribution in [0.15, 0.2) is 45.6 Å². The number of hydrogen-bond acceptors (Lipinski definition) is 6. The fraction of sp³-hybridized carbons (Fsp3) is 0.211. The number of methoxy groups -OCH3 is 4. The monoisotopic (exact) mass is 342 g/mol. The van der Waals surface area contributed by atoms with Crippen molar-refractivity contribution in [3.63, 3.8) is 0 Å². The SMILES string of the molecule is COc1ccc(-c2oc3c(OC)c(OC)ccc3c(=O)c2OC)cc1. The summed E-state index contributed by atoms with van der Waals surface area (Å²) >= 11 is 0. The lowest BCUT2D eigenvalue weighted by Crippen LogP contribution is -2.08. The Morgan fingerprint density at radius 3 is 2.00 bits per heavy atom. The van der Waals surface area contributed by atoms with Crippen LogP contribution in [0, 0.1) is 0 Å². The zero-order chi connectivity index (χ0) is 18.0. The van der Waals surface area contributed by atoms with Crippen LogP contribution in [0.3, 0.4) is 0 Å². The van der Waals surface area contributed by atoms with Crippen molar-refractivity contribution < 1.29 is 23.4 Å². The number of ether oxygens (including phenoxy) is 4. The number of benzene rings is 2. The molecule has 0 amide bonds. The van der Waals surface area contributed by atoms with Gasteiger partial charge in [-0.3, -0.25) is 4.79 Å². The van der Waals surface area contributed by atoms with Gasteiger partial charge in [-0.15, -0.1) is 0 Å². The third-order valence-electron chi connectivity index (χ3n) is 3.92. The zero-order valence-corrected chi connectivity index (χ0v) is 14.4. The lowest BCUT2D eigenvalue weighted by Gasteiger charge is -2.13. The standard InChI is InChI=1S/C19H18O6/c1-21-12-7-5-11(6-8-12)16-19(24-4)15(20)13-9-10-14(22-2)18(23-3)17(13)25-16/h5-10H,1-4H3. The van der Waals surface area contributed by atoms with E-state index in [0.29, 0.717) is 39.5 Å². The van der Waals surface area contributed by atoms with Crippen molar-refractivity contribution in [3.8, 4) is 34.3 Å². The lowest BCUT2D eigenvalue weighted by molar-refractivity contribution is 0.351. The summed E-state index contributed by atoms with van der Waals surface area (Å²) < 4.78 is 27.2. The van der Waals surface area contributed by atoms with Gasteiger partial charge < -0.3 is 23.4 Å². The Labute approximate surface area is 144 Å². The van der Waals surface area contributed by atoms with Gasteiger partial charge >= 0.3 is 0 Å². The van der Waals surface area contributed by atoms with E-state index in [1.165, 1.54) is 21.3 Å². The van der Waals surface area contributed by atoms with E-state index in [2.05, 4.69) is 0 Å². The number of fused-ring (bicyclic) bond motifs is 1. The van der Waals surface area contributed by atoms with Crippen LogP contribution in [0.4, 0.5) is 0 Å². The second-order valence-corrected chi connectivity index (χ2v) is 5.20. The quantitative estimate of drug-likeness (QED) is 0.707. The first-order valence-electron chi connectivity index (χ1n) is 7.54. The van der Waals surface area contributed by atoms with Crippen molar-refractivity contribution in [3.05, 3.63) is 46.6 Å². The molecule has 0 radical (unpaired) electrons. The van der Waals surface area contributed by atoms with Crippen molar-refractivity contribution in [1.82, 2.24) is 0 Å². The molecule has 0 fully saturated rings. The van der Waals surface area contributed by atoms with Gasteiger partial charge in [0.15, 0.2) is 17.1 Å². The minimum Gasteiger partial charge on any atom is -0.497 e. The smallest absolute Gasteiger partial charge is 0.235 e. The molecule has 0 aliphatic carbocycles. The van der Waals surface area contributed by atoms with Crippen LogP contribution in [-0.4, -0.2) is 28.4 Å². The first kappa shape index (κ1) is 16.7. The highest BCUT2D eigenvalue weighted by Crippen LogP contribution is 2.39. The summed E-state index contributed by atoms with van der Waals surface area (Å²) in [6.07, 6.45) is 0. The Hall–Kier alpha value is -3.15. The van der Waals surface area contributed by atoms with Gasteiger partial charge in [-0.25, -0.2) is 0 Å². The van der Waals surface area contributed by atoms with Crippen molar-refractivity contribution >= 4 is 11.0 Å². The van der Waals surface area contributed by atoms with Gasteiger partial charge in [-0.2, -0.15) is 0 Å². The zero-order valence-electron chi connectivity index (χ0n) is 14.4. The normalized spacial score (nSPS) is 10.6. The molecule has 0 saturated heterocycles. The molecule has 1 heterocycles. The molecule has 6 heteroatoms. The summed E-state index contributed by atoms with van der Waals surface area (Å²) in [5.41, 5.74) is 0.704. The maximum absolute atomic E-state index is 12.8. The largest absolute Gasteiger partial charge is 0.497 e. The van der Waals surface area contributed by atoms with Gasteiger partial charge in [0.2, 0.25) is 16.9 Å². The van der Waals surface area contributed by atoms with E-state index >= 15 is 0 Å². The molecule has 0 aliphatic rings. The van der Waals surface area contributed by atoms with Crippen molar-refractivity contribution in [2.75, 3.05) is 28.4 Å². The fourth-order valence-electron chi connectivity index (χ4n) is 2.67. The number of hydrogen-bond donors (Lipinski definition) is 0. The first-order valence-corrected chi connectivity index (χ1v) is 7.54. The molecule has 0 bridgehead atoms. The predicted molar refractivity (Wildman–Crippen MR) is 94.1 cm³/mol. The Morgan fingerprint density at radius 2 is 1.44 bits per heavy atom. The molecule has 0 aliphatic heterocycles. The summed E-state index contributed by atoms with van der Waals surface area (Å²) in [6.45, 7) is 0. The van der Waals surface area contributed by atoms with Crippen LogP contribution >= 0.6 is 0 Å². The minimum absolute atomic E-state index is 0.130. The molecule has 3 rings (SSSR count). The Bertz CT molecular complexity index is 956. The van der Waals surface area contributed by atoms with Gasteiger partial charge in [0, 0.05) is 5.56 Å². The summed E-state index contributed by atoms with van der Waals surface area (Å²) in [4.78, 5) is 12.8. The Morgan fingerprint density at radius 1 is 0.760 bits per heavy atom. The van der Waals surface area contributed by atoms with Crippen LogP contribution in [0.1, 0.15) is 0 Å². The minimum atomic E-state index is -0.282. The molecular formula is C19H18O6.